The van der Waals surface area contributed by atoms with E-state index < -0.39 is 0 Å². The molecule has 1 heterocycles. The second-order valence-corrected chi connectivity index (χ2v) is 3.46. The van der Waals surface area contributed by atoms with E-state index in [4.69, 9.17) is 4.74 Å². The number of ketones is 1. The summed E-state index contributed by atoms with van der Waals surface area (Å²) in [5.41, 5.74) is 0.619. The fraction of sp³-hybridized carbons (Fsp3) is 0.364. The van der Waals surface area contributed by atoms with Crippen molar-refractivity contribution < 1.29 is 14.6 Å². The molecule has 0 spiro atoms. The van der Waals surface area contributed by atoms with Crippen LogP contribution in [0.1, 0.15) is 6.42 Å². The number of hydrogen-bond donors (Lipinski definition) is 1. The maximum absolute atomic E-state index is 11.6. The van der Waals surface area contributed by atoms with Gasteiger partial charge >= 0.3 is 0 Å². The third-order valence-electron chi connectivity index (χ3n) is 2.61. The Morgan fingerprint density at radius 3 is 3.21 bits per heavy atom. The SMILES string of the molecule is C=CCC1C(=O)C(O)=C2C=CCOC21. The van der Waals surface area contributed by atoms with Crippen molar-refractivity contribution in [2.24, 2.45) is 5.92 Å². The molecule has 2 aliphatic rings. The van der Waals surface area contributed by atoms with Crippen molar-refractivity contribution in [3.63, 3.8) is 0 Å². The Morgan fingerprint density at radius 2 is 2.50 bits per heavy atom. The number of allylic oxidation sites excluding steroid dienone is 2. The van der Waals surface area contributed by atoms with Crippen molar-refractivity contribution in [3.05, 3.63) is 36.1 Å². The molecule has 2 unspecified atom stereocenters. The Morgan fingerprint density at radius 1 is 1.71 bits per heavy atom. The fourth-order valence-electron chi connectivity index (χ4n) is 1.93. The van der Waals surface area contributed by atoms with Gasteiger partial charge in [0.2, 0.25) is 5.78 Å². The predicted molar refractivity (Wildman–Crippen MR) is 51.8 cm³/mol. The summed E-state index contributed by atoms with van der Waals surface area (Å²) in [5, 5.41) is 9.55. The van der Waals surface area contributed by atoms with Gasteiger partial charge in [-0.1, -0.05) is 18.2 Å². The molecule has 14 heavy (non-hydrogen) atoms. The lowest BCUT2D eigenvalue weighted by Crippen LogP contribution is -2.26. The number of carbonyl (C=O) groups is 1. The van der Waals surface area contributed by atoms with Crippen LogP contribution in [0.5, 0.6) is 0 Å². The minimum atomic E-state index is -0.285. The number of aliphatic hydroxyl groups excluding tert-OH is 1. The Bertz CT molecular complexity index is 338. The largest absolute Gasteiger partial charge is 0.504 e. The van der Waals surface area contributed by atoms with Crippen molar-refractivity contribution in [2.75, 3.05) is 6.61 Å². The molecule has 74 valence electrons. The summed E-state index contributed by atoms with van der Waals surface area (Å²) in [4.78, 5) is 11.6. The molecule has 3 nitrogen and oxygen atoms in total. The Balaban J connectivity index is 2.33. The van der Waals surface area contributed by atoms with Crippen LogP contribution in [-0.2, 0) is 9.53 Å². The van der Waals surface area contributed by atoms with Gasteiger partial charge in [0.1, 0.15) is 0 Å². The normalized spacial score (nSPS) is 30.7. The first-order valence-corrected chi connectivity index (χ1v) is 4.62. The smallest absolute Gasteiger partial charge is 0.203 e. The maximum Gasteiger partial charge on any atom is 0.203 e. The molecule has 0 aromatic carbocycles. The molecule has 0 bridgehead atoms. The van der Waals surface area contributed by atoms with Gasteiger partial charge in [-0.05, 0) is 6.42 Å². The van der Waals surface area contributed by atoms with Gasteiger partial charge in [0, 0.05) is 5.57 Å². The summed E-state index contributed by atoms with van der Waals surface area (Å²) < 4.78 is 5.43. The Labute approximate surface area is 82.4 Å². The zero-order valence-corrected chi connectivity index (χ0v) is 7.77. The van der Waals surface area contributed by atoms with E-state index in [2.05, 4.69) is 6.58 Å². The highest BCUT2D eigenvalue weighted by atomic mass is 16.5. The number of fused-ring (bicyclic) bond motifs is 1. The van der Waals surface area contributed by atoms with E-state index in [-0.39, 0.29) is 23.6 Å². The van der Waals surface area contributed by atoms with Gasteiger partial charge in [-0.3, -0.25) is 4.79 Å². The van der Waals surface area contributed by atoms with Crippen LogP contribution >= 0.6 is 0 Å². The van der Waals surface area contributed by atoms with Crippen molar-refractivity contribution in [2.45, 2.75) is 12.5 Å². The van der Waals surface area contributed by atoms with Crippen LogP contribution in [0.2, 0.25) is 0 Å². The molecular weight excluding hydrogens is 180 g/mol. The summed E-state index contributed by atoms with van der Waals surface area (Å²) in [5.74, 6) is -0.651. The Hall–Kier alpha value is -1.35. The molecule has 1 aliphatic carbocycles. The Kier molecular flexibility index (Phi) is 2.25. The van der Waals surface area contributed by atoms with Crippen LogP contribution in [0.25, 0.3) is 0 Å². The van der Waals surface area contributed by atoms with Gasteiger partial charge in [0.15, 0.2) is 5.76 Å². The molecule has 0 aromatic rings. The van der Waals surface area contributed by atoms with E-state index in [0.717, 1.165) is 0 Å². The van der Waals surface area contributed by atoms with Gasteiger partial charge in [0.25, 0.3) is 0 Å². The molecule has 3 heteroatoms. The minimum absolute atomic E-state index is 0.141. The van der Waals surface area contributed by atoms with E-state index in [1.807, 2.05) is 0 Å². The maximum atomic E-state index is 11.6. The highest BCUT2D eigenvalue weighted by Gasteiger charge is 2.41. The van der Waals surface area contributed by atoms with Crippen molar-refractivity contribution >= 4 is 5.78 Å². The van der Waals surface area contributed by atoms with Crippen LogP contribution in [0.15, 0.2) is 36.1 Å². The first-order chi connectivity index (χ1) is 6.75. The zero-order chi connectivity index (χ0) is 10.1. The van der Waals surface area contributed by atoms with Gasteiger partial charge in [-0.15, -0.1) is 6.58 Å². The molecule has 1 N–H and O–H groups in total. The van der Waals surface area contributed by atoms with E-state index >= 15 is 0 Å². The van der Waals surface area contributed by atoms with Gasteiger partial charge in [0.05, 0.1) is 18.6 Å². The third-order valence-corrected chi connectivity index (χ3v) is 2.61. The van der Waals surface area contributed by atoms with Gasteiger partial charge < -0.3 is 9.84 Å². The number of ether oxygens (including phenoxy) is 1. The summed E-state index contributed by atoms with van der Waals surface area (Å²) in [6.07, 6.45) is 5.52. The average Bonchev–Trinajstić information content (AvgIpc) is 2.45. The topological polar surface area (TPSA) is 46.5 Å². The van der Waals surface area contributed by atoms with Crippen molar-refractivity contribution in [3.8, 4) is 0 Å². The number of Topliss-reactive ketones (excluding diaryl/α,β-unsaturated/α-hetero) is 1. The summed E-state index contributed by atoms with van der Waals surface area (Å²) in [7, 11) is 0. The van der Waals surface area contributed by atoms with Crippen molar-refractivity contribution in [1.82, 2.24) is 0 Å². The fourth-order valence-corrected chi connectivity index (χ4v) is 1.93. The first kappa shape index (κ1) is 9.21. The molecule has 2 atom stereocenters. The third kappa shape index (κ3) is 1.21. The molecule has 0 saturated heterocycles. The molecule has 0 aromatic heterocycles. The molecule has 0 radical (unpaired) electrons. The van der Waals surface area contributed by atoms with E-state index in [0.29, 0.717) is 18.6 Å². The van der Waals surface area contributed by atoms with Crippen LogP contribution in [0.3, 0.4) is 0 Å². The number of rotatable bonds is 2. The minimum Gasteiger partial charge on any atom is -0.504 e. The van der Waals surface area contributed by atoms with Crippen LogP contribution in [0, 0.1) is 5.92 Å². The van der Waals surface area contributed by atoms with E-state index in [1.54, 1.807) is 18.2 Å². The molecular formula is C11H12O3. The lowest BCUT2D eigenvalue weighted by atomic mass is 9.96. The monoisotopic (exact) mass is 192 g/mol. The van der Waals surface area contributed by atoms with Crippen LogP contribution < -0.4 is 0 Å². The lowest BCUT2D eigenvalue weighted by molar-refractivity contribution is -0.123. The second kappa shape index (κ2) is 3.42. The predicted octanol–water partition coefficient (Wildman–Crippen LogP) is 1.53. The summed E-state index contributed by atoms with van der Waals surface area (Å²) >= 11 is 0. The van der Waals surface area contributed by atoms with Crippen molar-refractivity contribution in [1.29, 1.82) is 0 Å². The summed E-state index contributed by atoms with van der Waals surface area (Å²) in [6.45, 7) is 4.10. The number of hydrogen-bond acceptors (Lipinski definition) is 3. The molecule has 0 saturated carbocycles. The van der Waals surface area contributed by atoms with Gasteiger partial charge in [-0.2, -0.15) is 0 Å². The molecule has 2 rings (SSSR count). The number of aliphatic hydroxyl groups is 1. The second-order valence-electron chi connectivity index (χ2n) is 3.46. The van der Waals surface area contributed by atoms with E-state index in [9.17, 15) is 9.90 Å². The molecule has 0 amide bonds. The average molecular weight is 192 g/mol. The quantitative estimate of drug-likeness (QED) is 0.675. The summed E-state index contributed by atoms with van der Waals surface area (Å²) in [6, 6.07) is 0. The lowest BCUT2D eigenvalue weighted by Gasteiger charge is -2.21. The van der Waals surface area contributed by atoms with E-state index in [1.165, 1.54) is 0 Å². The standard InChI is InChI=1S/C11H12O3/c1-2-4-7-9(12)10(13)8-5-3-6-14-11(7)8/h2-3,5,7,11,13H,1,4,6H2. The van der Waals surface area contributed by atoms with Crippen LogP contribution in [0.4, 0.5) is 0 Å². The van der Waals surface area contributed by atoms with Gasteiger partial charge in [-0.25, -0.2) is 0 Å². The highest BCUT2D eigenvalue weighted by Crippen LogP contribution is 2.34. The molecule has 0 fully saturated rings. The number of carbonyl (C=O) groups excluding carboxylic acids is 1. The first-order valence-electron chi connectivity index (χ1n) is 4.62. The van der Waals surface area contributed by atoms with Crippen LogP contribution in [-0.4, -0.2) is 23.6 Å². The molecule has 1 aliphatic heterocycles. The highest BCUT2D eigenvalue weighted by molar-refractivity contribution is 6.00. The zero-order valence-electron chi connectivity index (χ0n) is 7.77.